The van der Waals surface area contributed by atoms with Crippen molar-refractivity contribution in [2.75, 3.05) is 0 Å². The van der Waals surface area contributed by atoms with E-state index in [1.165, 1.54) is 6.92 Å². The van der Waals surface area contributed by atoms with E-state index in [0.29, 0.717) is 6.42 Å². The van der Waals surface area contributed by atoms with Crippen molar-refractivity contribution < 1.29 is 38.7 Å². The third-order valence-corrected chi connectivity index (χ3v) is 3.03. The third-order valence-electron chi connectivity index (χ3n) is 3.03. The summed E-state index contributed by atoms with van der Waals surface area (Å²) in [6.07, 6.45) is -1.54. The van der Waals surface area contributed by atoms with Gasteiger partial charge in [-0.25, -0.2) is 9.59 Å². The highest BCUT2D eigenvalue weighted by Crippen LogP contribution is 2.54. The summed E-state index contributed by atoms with van der Waals surface area (Å²) in [5.74, 6) is -4.76. The van der Waals surface area contributed by atoms with E-state index in [9.17, 15) is 19.8 Å². The van der Waals surface area contributed by atoms with E-state index >= 15 is 0 Å². The molecule has 0 radical (unpaired) electrons. The third kappa shape index (κ3) is 1.37. The lowest BCUT2D eigenvalue weighted by Gasteiger charge is -2.53. The van der Waals surface area contributed by atoms with Crippen molar-refractivity contribution in [2.45, 2.75) is 38.6 Å². The number of aliphatic hydroxyl groups is 2. The van der Waals surface area contributed by atoms with Crippen molar-refractivity contribution in [3.8, 4) is 0 Å². The Balaban J connectivity index is 2.26. The van der Waals surface area contributed by atoms with Gasteiger partial charge < -0.3 is 29.2 Å². The summed E-state index contributed by atoms with van der Waals surface area (Å²) in [5.41, 5.74) is -1.64. The van der Waals surface area contributed by atoms with E-state index in [2.05, 4.69) is 18.9 Å². The molecular formula is C9H12O8. The van der Waals surface area contributed by atoms with Gasteiger partial charge in [0.15, 0.2) is 5.41 Å². The molecule has 2 saturated heterocycles. The molecular weight excluding hydrogens is 236 g/mol. The van der Waals surface area contributed by atoms with Gasteiger partial charge in [0, 0.05) is 0 Å². The van der Waals surface area contributed by atoms with E-state index in [1.807, 2.05) is 0 Å². The topological polar surface area (TPSA) is 112 Å². The van der Waals surface area contributed by atoms with Crippen LogP contribution in [0, 0.1) is 5.41 Å². The molecule has 8 heteroatoms. The summed E-state index contributed by atoms with van der Waals surface area (Å²) in [6, 6.07) is 0. The van der Waals surface area contributed by atoms with Crippen molar-refractivity contribution >= 4 is 12.3 Å². The number of carbonyl (C=O) groups excluding carboxylic acids is 2. The molecule has 96 valence electrons. The van der Waals surface area contributed by atoms with Crippen LogP contribution < -0.4 is 0 Å². The predicted octanol–water partition coefficient (Wildman–Crippen LogP) is 0.419. The Morgan fingerprint density at radius 1 is 1.06 bits per heavy atom. The summed E-state index contributed by atoms with van der Waals surface area (Å²) in [5, 5.41) is 19.8. The molecule has 2 heterocycles. The van der Waals surface area contributed by atoms with Crippen molar-refractivity contribution in [1.29, 1.82) is 0 Å². The maximum atomic E-state index is 10.6. The van der Waals surface area contributed by atoms with E-state index in [1.54, 1.807) is 6.92 Å². The number of rotatable bonds is 4. The van der Waals surface area contributed by atoms with Crippen LogP contribution in [0.2, 0.25) is 0 Å². The number of cyclic esters (lactones) is 4. The highest BCUT2D eigenvalue weighted by molar-refractivity contribution is 5.67. The van der Waals surface area contributed by atoms with Crippen LogP contribution in [0.1, 0.15) is 26.7 Å². The molecule has 0 saturated carbocycles. The number of ether oxygens (including phenoxy) is 4. The normalized spacial score (nSPS) is 24.5. The molecule has 0 amide bonds. The number of hydrogen-bond donors (Lipinski definition) is 2. The largest absolute Gasteiger partial charge is 0.518 e. The zero-order valence-electron chi connectivity index (χ0n) is 9.26. The zero-order chi connectivity index (χ0) is 12.9. The molecule has 0 aromatic rings. The molecule has 0 unspecified atom stereocenters. The van der Waals surface area contributed by atoms with Crippen LogP contribution in [0.15, 0.2) is 0 Å². The lowest BCUT2D eigenvalue weighted by atomic mass is 9.78. The van der Waals surface area contributed by atoms with Gasteiger partial charge in [-0.1, -0.05) is 13.3 Å². The molecule has 8 nitrogen and oxygen atoms in total. The first-order valence-electron chi connectivity index (χ1n) is 5.05. The minimum absolute atomic E-state index is 0.126. The first-order chi connectivity index (χ1) is 7.76. The highest BCUT2D eigenvalue weighted by atomic mass is 17.0. The molecule has 2 rings (SSSR count). The van der Waals surface area contributed by atoms with Crippen molar-refractivity contribution in [2.24, 2.45) is 5.41 Å². The molecule has 0 aromatic carbocycles. The Morgan fingerprint density at radius 2 is 1.41 bits per heavy atom. The van der Waals surface area contributed by atoms with Gasteiger partial charge in [-0.15, -0.1) is 0 Å². The Labute approximate surface area is 96.0 Å². The van der Waals surface area contributed by atoms with Gasteiger partial charge in [0.2, 0.25) is 0 Å². The first kappa shape index (κ1) is 11.9. The van der Waals surface area contributed by atoms with Crippen LogP contribution in [0.3, 0.4) is 0 Å². The second-order valence-electron chi connectivity index (χ2n) is 4.15. The Bertz CT molecular complexity index is 329. The summed E-state index contributed by atoms with van der Waals surface area (Å²) < 4.78 is 17.9. The summed E-state index contributed by atoms with van der Waals surface area (Å²) in [6.45, 7) is 3.07. The first-order valence-corrected chi connectivity index (χ1v) is 5.05. The smallest absolute Gasteiger partial charge is 0.364 e. The summed E-state index contributed by atoms with van der Waals surface area (Å²) in [7, 11) is 0. The quantitative estimate of drug-likeness (QED) is 0.688. The maximum Gasteiger partial charge on any atom is 0.518 e. The standard InChI is InChI=1S/C9H12O8/c1-3-4-7(2,8(12)14-5(10)15-8)9(13)16-6(11)17-9/h12-13H,3-4H2,1-2H3. The highest BCUT2D eigenvalue weighted by Gasteiger charge is 2.77. The summed E-state index contributed by atoms with van der Waals surface area (Å²) in [4.78, 5) is 21.3. The molecule has 0 spiro atoms. The Morgan fingerprint density at radius 3 is 1.65 bits per heavy atom. The van der Waals surface area contributed by atoms with E-state index in [0.717, 1.165) is 0 Å². The molecule has 2 aliphatic heterocycles. The van der Waals surface area contributed by atoms with Crippen molar-refractivity contribution in [1.82, 2.24) is 0 Å². The van der Waals surface area contributed by atoms with Gasteiger partial charge in [-0.05, 0) is 13.3 Å². The second kappa shape index (κ2) is 3.23. The van der Waals surface area contributed by atoms with Gasteiger partial charge >= 0.3 is 24.3 Å². The lowest BCUT2D eigenvalue weighted by molar-refractivity contribution is -0.530. The van der Waals surface area contributed by atoms with Crippen LogP contribution in [0.25, 0.3) is 0 Å². The second-order valence-corrected chi connectivity index (χ2v) is 4.15. The Kier molecular flexibility index (Phi) is 2.27. The minimum Gasteiger partial charge on any atom is -0.364 e. The average molecular weight is 248 g/mol. The summed E-state index contributed by atoms with van der Waals surface area (Å²) >= 11 is 0. The van der Waals surface area contributed by atoms with Gasteiger partial charge in [-0.3, -0.25) is 0 Å². The predicted molar refractivity (Wildman–Crippen MR) is 48.0 cm³/mol. The molecule has 2 aliphatic rings. The molecule has 0 atom stereocenters. The van der Waals surface area contributed by atoms with Crippen molar-refractivity contribution in [3.63, 3.8) is 0 Å². The average Bonchev–Trinajstić information content (AvgIpc) is 2.13. The number of hydrogen-bond acceptors (Lipinski definition) is 8. The van der Waals surface area contributed by atoms with Crippen LogP contribution in [-0.4, -0.2) is 34.5 Å². The van der Waals surface area contributed by atoms with Gasteiger partial charge in [-0.2, -0.15) is 0 Å². The molecule has 17 heavy (non-hydrogen) atoms. The number of carbonyl (C=O) groups is 2. The van der Waals surface area contributed by atoms with Crippen LogP contribution in [-0.2, 0) is 18.9 Å². The maximum absolute atomic E-state index is 10.6. The van der Waals surface area contributed by atoms with Crippen LogP contribution in [0.4, 0.5) is 9.59 Å². The van der Waals surface area contributed by atoms with Crippen molar-refractivity contribution in [3.05, 3.63) is 0 Å². The van der Waals surface area contributed by atoms with Crippen LogP contribution in [0.5, 0.6) is 0 Å². The van der Waals surface area contributed by atoms with E-state index < -0.39 is 29.7 Å². The minimum atomic E-state index is -2.38. The fourth-order valence-corrected chi connectivity index (χ4v) is 1.93. The van der Waals surface area contributed by atoms with Gasteiger partial charge in [0.1, 0.15) is 0 Å². The molecule has 0 aromatic heterocycles. The molecule has 0 aliphatic carbocycles. The van der Waals surface area contributed by atoms with Gasteiger partial charge in [0.25, 0.3) is 0 Å². The van der Waals surface area contributed by atoms with E-state index in [4.69, 9.17) is 0 Å². The lowest BCUT2D eigenvalue weighted by Crippen LogP contribution is -2.73. The fraction of sp³-hybridized carbons (Fsp3) is 0.778. The Hall–Kier alpha value is -1.54. The van der Waals surface area contributed by atoms with E-state index in [-0.39, 0.29) is 6.42 Å². The van der Waals surface area contributed by atoms with Gasteiger partial charge in [0.05, 0.1) is 0 Å². The zero-order valence-corrected chi connectivity index (χ0v) is 9.26. The molecule has 0 bridgehead atoms. The SMILES string of the molecule is CCCC(C)(C1(O)OC(=O)O1)C1(O)OC(=O)O1. The molecule has 2 N–H and O–H groups in total. The van der Waals surface area contributed by atoms with Crippen LogP contribution >= 0.6 is 0 Å². The molecule has 2 fully saturated rings. The fourth-order valence-electron chi connectivity index (χ4n) is 1.93. The monoisotopic (exact) mass is 248 g/mol.